The highest BCUT2D eigenvalue weighted by molar-refractivity contribution is 7.18. The predicted octanol–water partition coefficient (Wildman–Crippen LogP) is 5.11. The van der Waals surface area contributed by atoms with Crippen molar-refractivity contribution < 1.29 is 4.74 Å². The van der Waals surface area contributed by atoms with E-state index in [-0.39, 0.29) is 6.10 Å². The van der Waals surface area contributed by atoms with E-state index in [1.807, 2.05) is 44.6 Å². The molecule has 8 heteroatoms. The molecule has 2 N–H and O–H groups in total. The summed E-state index contributed by atoms with van der Waals surface area (Å²) in [4.78, 5) is 18.9. The van der Waals surface area contributed by atoms with Crippen molar-refractivity contribution in [2.45, 2.75) is 59.1 Å². The van der Waals surface area contributed by atoms with Crippen LogP contribution in [0.15, 0.2) is 30.6 Å². The molecule has 3 rings (SSSR count). The van der Waals surface area contributed by atoms with Crippen molar-refractivity contribution in [2.24, 2.45) is 0 Å². The lowest BCUT2D eigenvalue weighted by atomic mass is 10.1. The summed E-state index contributed by atoms with van der Waals surface area (Å²) < 4.78 is 5.97. The van der Waals surface area contributed by atoms with Gasteiger partial charge in [0, 0.05) is 24.6 Å². The molecule has 0 bridgehead atoms. The standard InChI is InChI=1S/C22H30N6OS/c1-5-6-7-8-16(3)29-21-26-15(2)11-18(27-21)19-14-25-22(30-19)28-20-10-9-17(12-23-4)13-24-20/h9-11,13-14,16,23H,5-8,12H2,1-4H3,(H,24,25,28). The molecule has 30 heavy (non-hydrogen) atoms. The minimum absolute atomic E-state index is 0.0989. The summed E-state index contributed by atoms with van der Waals surface area (Å²) >= 11 is 1.53. The van der Waals surface area contributed by atoms with E-state index in [2.05, 4.69) is 44.4 Å². The van der Waals surface area contributed by atoms with E-state index < -0.39 is 0 Å². The fourth-order valence-electron chi connectivity index (χ4n) is 3.01. The van der Waals surface area contributed by atoms with Crippen molar-refractivity contribution in [3.05, 3.63) is 41.9 Å². The first-order valence-corrected chi connectivity index (χ1v) is 11.2. The third kappa shape index (κ3) is 6.47. The lowest BCUT2D eigenvalue weighted by Gasteiger charge is -2.13. The average Bonchev–Trinajstić information content (AvgIpc) is 3.18. The first kappa shape index (κ1) is 22.1. The topological polar surface area (TPSA) is 84.9 Å². The van der Waals surface area contributed by atoms with E-state index >= 15 is 0 Å². The maximum atomic E-state index is 5.97. The Balaban J connectivity index is 1.67. The number of hydrogen-bond donors (Lipinski definition) is 2. The first-order chi connectivity index (χ1) is 14.6. The van der Waals surface area contributed by atoms with Gasteiger partial charge in [0.05, 0.1) is 16.7 Å². The lowest BCUT2D eigenvalue weighted by Crippen LogP contribution is -2.14. The van der Waals surface area contributed by atoms with Gasteiger partial charge in [0.1, 0.15) is 5.82 Å². The molecule has 1 atom stereocenters. The number of rotatable bonds is 11. The van der Waals surface area contributed by atoms with Crippen LogP contribution in [0.25, 0.3) is 10.6 Å². The van der Waals surface area contributed by atoms with Crippen LogP contribution < -0.4 is 15.4 Å². The van der Waals surface area contributed by atoms with Gasteiger partial charge in [-0.15, -0.1) is 0 Å². The summed E-state index contributed by atoms with van der Waals surface area (Å²) in [5, 5.41) is 7.14. The number of thiazole rings is 1. The molecule has 1 unspecified atom stereocenters. The molecule has 0 aliphatic heterocycles. The van der Waals surface area contributed by atoms with Gasteiger partial charge in [-0.3, -0.25) is 0 Å². The Labute approximate surface area is 182 Å². The van der Waals surface area contributed by atoms with Crippen LogP contribution in [-0.4, -0.2) is 33.1 Å². The Hall–Kier alpha value is -2.58. The number of aromatic nitrogens is 4. The SMILES string of the molecule is CCCCCC(C)Oc1nc(C)cc(-c2cnc(Nc3ccc(CNC)cn3)s2)n1. The summed E-state index contributed by atoms with van der Waals surface area (Å²) in [6.45, 7) is 7.03. The van der Waals surface area contributed by atoms with Crippen LogP contribution in [0.2, 0.25) is 0 Å². The van der Waals surface area contributed by atoms with E-state index in [0.717, 1.165) is 52.2 Å². The van der Waals surface area contributed by atoms with Crippen molar-refractivity contribution in [3.8, 4) is 16.6 Å². The van der Waals surface area contributed by atoms with Crippen molar-refractivity contribution in [1.29, 1.82) is 0 Å². The fourth-order valence-corrected chi connectivity index (χ4v) is 3.79. The van der Waals surface area contributed by atoms with Crippen LogP contribution in [-0.2, 0) is 6.54 Å². The zero-order valence-corrected chi connectivity index (χ0v) is 18.9. The van der Waals surface area contributed by atoms with E-state index in [0.29, 0.717) is 6.01 Å². The quantitative estimate of drug-likeness (QED) is 0.412. The molecule has 0 saturated heterocycles. The summed E-state index contributed by atoms with van der Waals surface area (Å²) in [5.74, 6) is 0.763. The Kier molecular flexibility index (Phi) is 8.10. The zero-order valence-electron chi connectivity index (χ0n) is 18.1. The summed E-state index contributed by atoms with van der Waals surface area (Å²) in [7, 11) is 1.92. The highest BCUT2D eigenvalue weighted by atomic mass is 32.1. The molecular weight excluding hydrogens is 396 g/mol. The third-order valence-corrected chi connectivity index (χ3v) is 5.49. The van der Waals surface area contributed by atoms with E-state index in [9.17, 15) is 0 Å². The molecule has 0 spiro atoms. The molecule has 0 radical (unpaired) electrons. The molecule has 0 aliphatic rings. The summed E-state index contributed by atoms with van der Waals surface area (Å²) in [6, 6.07) is 6.38. The van der Waals surface area contributed by atoms with Crippen LogP contribution >= 0.6 is 11.3 Å². The van der Waals surface area contributed by atoms with Crippen molar-refractivity contribution in [3.63, 3.8) is 0 Å². The second-order valence-electron chi connectivity index (χ2n) is 7.34. The van der Waals surface area contributed by atoms with Crippen LogP contribution in [0.1, 0.15) is 50.8 Å². The van der Waals surface area contributed by atoms with Gasteiger partial charge >= 0.3 is 6.01 Å². The van der Waals surface area contributed by atoms with Gasteiger partial charge in [-0.1, -0.05) is 37.2 Å². The van der Waals surface area contributed by atoms with Crippen molar-refractivity contribution in [1.82, 2.24) is 25.3 Å². The minimum atomic E-state index is 0.0989. The van der Waals surface area contributed by atoms with Crippen molar-refractivity contribution >= 4 is 22.3 Å². The second kappa shape index (κ2) is 11.0. The number of unbranched alkanes of at least 4 members (excludes halogenated alkanes) is 2. The van der Waals surface area contributed by atoms with Crippen LogP contribution in [0.5, 0.6) is 6.01 Å². The van der Waals surface area contributed by atoms with Crippen LogP contribution in [0, 0.1) is 6.92 Å². The van der Waals surface area contributed by atoms with Gasteiger partial charge in [-0.25, -0.2) is 15.0 Å². The fraction of sp³-hybridized carbons (Fsp3) is 0.455. The largest absolute Gasteiger partial charge is 0.460 e. The van der Waals surface area contributed by atoms with Gasteiger partial charge in [0.25, 0.3) is 0 Å². The van der Waals surface area contributed by atoms with Gasteiger partial charge in [-0.2, -0.15) is 4.98 Å². The Bertz CT molecular complexity index is 928. The molecule has 160 valence electrons. The number of nitrogens with one attached hydrogen (secondary N) is 2. The van der Waals surface area contributed by atoms with Crippen LogP contribution in [0.4, 0.5) is 10.9 Å². The van der Waals surface area contributed by atoms with Crippen molar-refractivity contribution in [2.75, 3.05) is 12.4 Å². The Morgan fingerprint density at radius 1 is 1.13 bits per heavy atom. The Morgan fingerprint density at radius 3 is 2.73 bits per heavy atom. The Morgan fingerprint density at radius 2 is 2.00 bits per heavy atom. The van der Waals surface area contributed by atoms with Gasteiger partial charge in [0.2, 0.25) is 0 Å². The van der Waals surface area contributed by atoms with Crippen LogP contribution in [0.3, 0.4) is 0 Å². The molecule has 3 aromatic rings. The number of anilines is 2. The number of pyridine rings is 1. The average molecular weight is 427 g/mol. The highest BCUT2D eigenvalue weighted by Crippen LogP contribution is 2.30. The first-order valence-electron chi connectivity index (χ1n) is 10.4. The van der Waals surface area contributed by atoms with E-state index in [4.69, 9.17) is 4.74 Å². The molecular formula is C22H30N6OS. The number of ether oxygens (including phenoxy) is 1. The summed E-state index contributed by atoms with van der Waals surface area (Å²) in [5.41, 5.74) is 2.83. The van der Waals surface area contributed by atoms with Gasteiger partial charge < -0.3 is 15.4 Å². The number of aryl methyl sites for hydroxylation is 1. The normalized spacial score (nSPS) is 12.0. The summed E-state index contributed by atoms with van der Waals surface area (Å²) in [6.07, 6.45) is 8.36. The minimum Gasteiger partial charge on any atom is -0.460 e. The predicted molar refractivity (Wildman–Crippen MR) is 122 cm³/mol. The molecule has 0 aliphatic carbocycles. The lowest BCUT2D eigenvalue weighted by molar-refractivity contribution is 0.189. The molecule has 3 heterocycles. The van der Waals surface area contributed by atoms with E-state index in [1.54, 1.807) is 0 Å². The number of nitrogens with zero attached hydrogens (tertiary/aromatic N) is 4. The molecule has 0 saturated carbocycles. The number of hydrogen-bond acceptors (Lipinski definition) is 8. The molecule has 3 aromatic heterocycles. The molecule has 0 amide bonds. The maximum Gasteiger partial charge on any atom is 0.317 e. The monoisotopic (exact) mass is 426 g/mol. The van der Waals surface area contributed by atoms with Gasteiger partial charge in [0.15, 0.2) is 5.13 Å². The third-order valence-electron chi connectivity index (χ3n) is 4.55. The van der Waals surface area contributed by atoms with Gasteiger partial charge in [-0.05, 0) is 51.4 Å². The van der Waals surface area contributed by atoms with E-state index in [1.165, 1.54) is 24.2 Å². The molecule has 0 fully saturated rings. The zero-order chi connectivity index (χ0) is 21.3. The molecule has 0 aromatic carbocycles. The second-order valence-corrected chi connectivity index (χ2v) is 8.37. The molecule has 7 nitrogen and oxygen atoms in total. The smallest absolute Gasteiger partial charge is 0.317 e. The highest BCUT2D eigenvalue weighted by Gasteiger charge is 2.12. The maximum absolute atomic E-state index is 5.97.